The fourth-order valence-electron chi connectivity index (χ4n) is 1.39. The van der Waals surface area contributed by atoms with E-state index in [4.69, 9.17) is 29.6 Å². The monoisotopic (exact) mass is 410 g/mol. The van der Waals surface area contributed by atoms with Crippen LogP contribution < -0.4 is 10.5 Å². The molecule has 20 heavy (non-hydrogen) atoms. The number of hydrogen-bond acceptors (Lipinski definition) is 4. The lowest BCUT2D eigenvalue weighted by molar-refractivity contribution is 0.603. The highest BCUT2D eigenvalue weighted by Crippen LogP contribution is 2.30. The summed E-state index contributed by atoms with van der Waals surface area (Å²) >= 11 is 15.2. The Hall–Kier alpha value is -0.670. The van der Waals surface area contributed by atoms with E-state index in [-0.39, 0.29) is 19.9 Å². The topological polar surface area (TPSA) is 72.2 Å². The van der Waals surface area contributed by atoms with Gasteiger partial charge in [0.1, 0.15) is 9.20 Å². The molecule has 0 spiro atoms. The standard InChI is InChI=1S/C11H8BrClN2O2S3/c12-9-3-4-10(19-9)20(16,17)15-8-2-1-6(11(14)18)5-7(8)13/h1-5,15H,(H2,14,18). The number of benzene rings is 1. The fourth-order valence-corrected chi connectivity index (χ4v) is 4.89. The van der Waals surface area contributed by atoms with Crippen molar-refractivity contribution in [1.82, 2.24) is 0 Å². The van der Waals surface area contributed by atoms with Crippen LogP contribution in [0, 0.1) is 0 Å². The first-order valence-corrected chi connectivity index (χ1v) is 9.05. The van der Waals surface area contributed by atoms with Gasteiger partial charge in [0, 0.05) is 5.56 Å². The van der Waals surface area contributed by atoms with E-state index in [2.05, 4.69) is 20.7 Å². The highest BCUT2D eigenvalue weighted by atomic mass is 79.9. The summed E-state index contributed by atoms with van der Waals surface area (Å²) in [7, 11) is -3.66. The summed E-state index contributed by atoms with van der Waals surface area (Å²) in [6.45, 7) is 0. The summed E-state index contributed by atoms with van der Waals surface area (Å²) in [6, 6.07) is 7.82. The first kappa shape index (κ1) is 15.7. The molecular formula is C11H8BrClN2O2S3. The average molecular weight is 412 g/mol. The second kappa shape index (κ2) is 5.98. The zero-order valence-electron chi connectivity index (χ0n) is 9.76. The number of thiophene rings is 1. The molecule has 106 valence electrons. The molecule has 2 rings (SSSR count). The minimum Gasteiger partial charge on any atom is -0.389 e. The van der Waals surface area contributed by atoms with Crippen LogP contribution in [0.4, 0.5) is 5.69 Å². The molecule has 0 fully saturated rings. The zero-order chi connectivity index (χ0) is 14.9. The van der Waals surface area contributed by atoms with Gasteiger partial charge in [-0.15, -0.1) is 11.3 Å². The van der Waals surface area contributed by atoms with E-state index >= 15 is 0 Å². The number of nitrogens with two attached hydrogens (primary N) is 1. The van der Waals surface area contributed by atoms with E-state index in [1.165, 1.54) is 18.2 Å². The summed E-state index contributed by atoms with van der Waals surface area (Å²) in [5, 5.41) is 0.231. The lowest BCUT2D eigenvalue weighted by Crippen LogP contribution is -2.13. The maximum Gasteiger partial charge on any atom is 0.271 e. The van der Waals surface area contributed by atoms with Crippen LogP contribution in [0.2, 0.25) is 5.02 Å². The third kappa shape index (κ3) is 3.50. The number of anilines is 1. The Morgan fingerprint density at radius 2 is 2.05 bits per heavy atom. The molecule has 1 aromatic heterocycles. The van der Waals surface area contributed by atoms with E-state index in [0.29, 0.717) is 5.56 Å². The van der Waals surface area contributed by atoms with Crippen LogP contribution in [0.3, 0.4) is 0 Å². The van der Waals surface area contributed by atoms with E-state index in [0.717, 1.165) is 15.1 Å². The van der Waals surface area contributed by atoms with Gasteiger partial charge in [-0.05, 0) is 46.3 Å². The molecule has 0 bridgehead atoms. The maximum absolute atomic E-state index is 12.2. The van der Waals surface area contributed by atoms with E-state index < -0.39 is 10.0 Å². The lowest BCUT2D eigenvalue weighted by Gasteiger charge is -2.09. The maximum atomic E-state index is 12.2. The Morgan fingerprint density at radius 3 is 2.55 bits per heavy atom. The fraction of sp³-hybridized carbons (Fsp3) is 0. The summed E-state index contributed by atoms with van der Waals surface area (Å²) in [6.07, 6.45) is 0. The molecular weight excluding hydrogens is 404 g/mol. The van der Waals surface area contributed by atoms with Gasteiger partial charge in [0.05, 0.1) is 14.5 Å². The molecule has 0 atom stereocenters. The minimum absolute atomic E-state index is 0.193. The predicted molar refractivity (Wildman–Crippen MR) is 90.2 cm³/mol. The first-order chi connectivity index (χ1) is 9.29. The number of hydrogen-bond donors (Lipinski definition) is 2. The van der Waals surface area contributed by atoms with Gasteiger partial charge in [-0.1, -0.05) is 23.8 Å². The van der Waals surface area contributed by atoms with Gasteiger partial charge in [0.2, 0.25) is 0 Å². The number of thiocarbonyl (C=S) groups is 1. The van der Waals surface area contributed by atoms with Crippen molar-refractivity contribution in [3.05, 3.63) is 44.7 Å². The van der Waals surface area contributed by atoms with Gasteiger partial charge in [0.25, 0.3) is 10.0 Å². The Balaban J connectivity index is 2.32. The number of rotatable bonds is 4. The molecule has 3 N–H and O–H groups in total. The smallest absolute Gasteiger partial charge is 0.271 e. The van der Waals surface area contributed by atoms with Crippen molar-refractivity contribution in [3.8, 4) is 0 Å². The van der Waals surface area contributed by atoms with Crippen LogP contribution >= 0.6 is 51.1 Å². The summed E-state index contributed by atoms with van der Waals surface area (Å²) in [5.74, 6) is 0. The molecule has 4 nitrogen and oxygen atoms in total. The van der Waals surface area contributed by atoms with Crippen LogP contribution in [0.25, 0.3) is 0 Å². The van der Waals surface area contributed by atoms with Crippen molar-refractivity contribution >= 4 is 71.8 Å². The number of sulfonamides is 1. The minimum atomic E-state index is -3.66. The Labute approximate surface area is 139 Å². The van der Waals surface area contributed by atoms with Crippen LogP contribution in [0.5, 0.6) is 0 Å². The second-order valence-electron chi connectivity index (χ2n) is 3.72. The summed E-state index contributed by atoms with van der Waals surface area (Å²) < 4.78 is 27.7. The van der Waals surface area contributed by atoms with Gasteiger partial charge in [-0.25, -0.2) is 8.42 Å². The van der Waals surface area contributed by atoms with Crippen LogP contribution in [-0.4, -0.2) is 13.4 Å². The van der Waals surface area contributed by atoms with E-state index in [1.807, 2.05) is 0 Å². The Kier molecular flexibility index (Phi) is 4.70. The van der Waals surface area contributed by atoms with Crippen LogP contribution in [0.1, 0.15) is 5.56 Å². The molecule has 0 amide bonds. The largest absolute Gasteiger partial charge is 0.389 e. The van der Waals surface area contributed by atoms with Crippen molar-refractivity contribution in [2.24, 2.45) is 5.73 Å². The summed E-state index contributed by atoms with van der Waals surface area (Å²) in [5.41, 5.74) is 6.33. The molecule has 0 radical (unpaired) electrons. The molecule has 9 heteroatoms. The first-order valence-electron chi connectivity index (χ1n) is 5.17. The summed E-state index contributed by atoms with van der Waals surface area (Å²) in [4.78, 5) is 0.198. The Morgan fingerprint density at radius 1 is 1.35 bits per heavy atom. The second-order valence-corrected chi connectivity index (χ2v) is 8.94. The predicted octanol–water partition coefficient (Wildman–Crippen LogP) is 3.60. The van der Waals surface area contributed by atoms with E-state index in [1.54, 1.807) is 12.1 Å². The molecule has 0 saturated heterocycles. The van der Waals surface area contributed by atoms with Crippen molar-refractivity contribution in [1.29, 1.82) is 0 Å². The SMILES string of the molecule is NC(=S)c1ccc(NS(=O)(=O)c2ccc(Br)s2)c(Cl)c1. The van der Waals surface area contributed by atoms with E-state index in [9.17, 15) is 8.42 Å². The number of halogens is 2. The van der Waals surface area contributed by atoms with Crippen LogP contribution in [0.15, 0.2) is 38.3 Å². The van der Waals surface area contributed by atoms with Crippen molar-refractivity contribution in [3.63, 3.8) is 0 Å². The Bertz CT molecular complexity index is 774. The quantitative estimate of drug-likeness (QED) is 0.754. The van der Waals surface area contributed by atoms with Gasteiger partial charge in [-0.3, -0.25) is 4.72 Å². The molecule has 0 aliphatic heterocycles. The highest BCUT2D eigenvalue weighted by Gasteiger charge is 2.18. The zero-order valence-corrected chi connectivity index (χ0v) is 14.6. The molecule has 1 aromatic carbocycles. The molecule has 2 aromatic rings. The van der Waals surface area contributed by atoms with Crippen LogP contribution in [-0.2, 0) is 10.0 Å². The molecule has 0 aliphatic carbocycles. The van der Waals surface area contributed by atoms with Gasteiger partial charge in [-0.2, -0.15) is 0 Å². The van der Waals surface area contributed by atoms with Gasteiger partial charge >= 0.3 is 0 Å². The number of nitrogens with one attached hydrogen (secondary N) is 1. The molecule has 0 saturated carbocycles. The van der Waals surface area contributed by atoms with Crippen molar-refractivity contribution in [2.75, 3.05) is 4.72 Å². The molecule has 1 heterocycles. The molecule has 0 aliphatic rings. The third-order valence-corrected chi connectivity index (χ3v) is 6.34. The van der Waals surface area contributed by atoms with Gasteiger partial charge < -0.3 is 5.73 Å². The molecule has 0 unspecified atom stereocenters. The van der Waals surface area contributed by atoms with Crippen molar-refractivity contribution < 1.29 is 8.42 Å². The lowest BCUT2D eigenvalue weighted by atomic mass is 10.2. The van der Waals surface area contributed by atoms with Crippen molar-refractivity contribution in [2.45, 2.75) is 4.21 Å². The van der Waals surface area contributed by atoms with Gasteiger partial charge in [0.15, 0.2) is 0 Å². The third-order valence-electron chi connectivity index (χ3n) is 2.31. The average Bonchev–Trinajstić information content (AvgIpc) is 2.79. The highest BCUT2D eigenvalue weighted by molar-refractivity contribution is 9.11. The normalized spacial score (nSPS) is 11.3.